The van der Waals surface area contributed by atoms with E-state index in [4.69, 9.17) is 4.55 Å². The molecule has 0 aliphatic carbocycles. The molecule has 0 saturated carbocycles. The van der Waals surface area contributed by atoms with Gasteiger partial charge in [0.2, 0.25) is 0 Å². The summed E-state index contributed by atoms with van der Waals surface area (Å²) in [7, 11) is -9.74. The summed E-state index contributed by atoms with van der Waals surface area (Å²) in [6, 6.07) is 0. The fourth-order valence-corrected chi connectivity index (χ4v) is 0.670. The summed E-state index contributed by atoms with van der Waals surface area (Å²) >= 11 is 0. The molecule has 0 bridgehead atoms. The molecule has 0 aromatic heterocycles. The Hall–Kier alpha value is -0.340. The third kappa shape index (κ3) is 7.76. The van der Waals surface area contributed by atoms with Crippen LogP contribution in [0.15, 0.2) is 0 Å². The van der Waals surface area contributed by atoms with E-state index < -0.39 is 20.8 Å². The predicted molar refractivity (Wildman–Crippen MR) is 32.9 cm³/mol. The third-order valence-corrected chi connectivity index (χ3v) is 1.11. The molecular formula is H6N2O8S2. The lowest BCUT2D eigenvalue weighted by Crippen LogP contribution is -2.16. The van der Waals surface area contributed by atoms with Crippen molar-refractivity contribution in [3.63, 3.8) is 0 Å². The average Bonchev–Trinajstić information content (AvgIpc) is 1.83. The Morgan fingerprint density at radius 2 is 1.50 bits per heavy atom. The molecule has 0 aliphatic heterocycles. The van der Waals surface area contributed by atoms with E-state index in [9.17, 15) is 16.8 Å². The molecular weight excluding hydrogens is 220 g/mol. The van der Waals surface area contributed by atoms with Crippen LogP contribution < -0.4 is 12.0 Å². The molecule has 12 heavy (non-hydrogen) atoms. The molecule has 0 spiro atoms. The summed E-state index contributed by atoms with van der Waals surface area (Å²) in [5, 5.41) is 0. The van der Waals surface area contributed by atoms with Crippen molar-refractivity contribution < 1.29 is 34.3 Å². The summed E-state index contributed by atoms with van der Waals surface area (Å²) < 4.78 is 56.0. The molecule has 12 heteroatoms. The molecule has 76 valence electrons. The van der Waals surface area contributed by atoms with E-state index in [-0.39, 0.29) is 6.15 Å². The van der Waals surface area contributed by atoms with E-state index in [2.05, 4.69) is 18.8 Å². The highest BCUT2D eigenvalue weighted by Gasteiger charge is 2.17. The fraction of sp³-hybridized carbons (Fsp3) is 0. The Balaban J connectivity index is 0. The van der Waals surface area contributed by atoms with Gasteiger partial charge in [-0.3, -0.25) is 4.55 Å². The molecule has 0 aromatic rings. The van der Waals surface area contributed by atoms with Crippen LogP contribution in [0.25, 0.3) is 0 Å². The van der Waals surface area contributed by atoms with Gasteiger partial charge in [-0.2, -0.15) is 27.0 Å². The van der Waals surface area contributed by atoms with Gasteiger partial charge in [0, 0.05) is 0 Å². The van der Waals surface area contributed by atoms with Gasteiger partial charge in [-0.05, 0) is 0 Å². The number of nitrogens with two attached hydrogens (primary N) is 1. The first-order valence-electron chi connectivity index (χ1n) is 1.75. The van der Waals surface area contributed by atoms with E-state index in [1.54, 1.807) is 0 Å². The van der Waals surface area contributed by atoms with Crippen molar-refractivity contribution in [1.82, 2.24) is 6.15 Å². The van der Waals surface area contributed by atoms with Gasteiger partial charge in [0.1, 0.15) is 0 Å². The van der Waals surface area contributed by atoms with E-state index in [1.807, 2.05) is 0 Å². The van der Waals surface area contributed by atoms with Crippen LogP contribution in [-0.2, 0) is 33.7 Å². The largest absolute Gasteiger partial charge is 0.443 e. The van der Waals surface area contributed by atoms with Crippen LogP contribution in [0.2, 0.25) is 0 Å². The number of hydrogen-bond acceptors (Lipinski definition) is 9. The molecule has 0 aromatic carbocycles. The number of hydrogen-bond donors (Lipinski definition) is 3. The van der Waals surface area contributed by atoms with Gasteiger partial charge in [0.05, 0.1) is 0 Å². The van der Waals surface area contributed by atoms with Gasteiger partial charge in [-0.1, -0.05) is 8.67 Å². The molecule has 0 heterocycles. The molecule has 0 saturated heterocycles. The predicted octanol–water partition coefficient (Wildman–Crippen LogP) is -1.97. The van der Waals surface area contributed by atoms with Crippen LogP contribution >= 0.6 is 0 Å². The topological polar surface area (TPSA) is 177 Å². The van der Waals surface area contributed by atoms with Crippen molar-refractivity contribution in [3.05, 3.63) is 0 Å². The highest BCUT2D eigenvalue weighted by Crippen LogP contribution is 1.95. The van der Waals surface area contributed by atoms with Crippen LogP contribution in [0.1, 0.15) is 0 Å². The van der Waals surface area contributed by atoms with Crippen LogP contribution in [0.5, 0.6) is 0 Å². The van der Waals surface area contributed by atoms with Crippen LogP contribution in [0.4, 0.5) is 0 Å². The molecule has 0 atom stereocenters. The van der Waals surface area contributed by atoms with Crippen LogP contribution in [-0.4, -0.2) is 21.4 Å². The lowest BCUT2D eigenvalue weighted by atomic mass is 13.6. The van der Waals surface area contributed by atoms with Crippen molar-refractivity contribution in [2.75, 3.05) is 0 Å². The monoisotopic (exact) mass is 226 g/mol. The highest BCUT2D eigenvalue weighted by atomic mass is 32.3. The maximum atomic E-state index is 9.98. The fourth-order valence-electron chi connectivity index (χ4n) is 0.0852. The van der Waals surface area contributed by atoms with Gasteiger partial charge in [0.15, 0.2) is 0 Å². The summed E-state index contributed by atoms with van der Waals surface area (Å²) in [6.07, 6.45) is 0. The van der Waals surface area contributed by atoms with Gasteiger partial charge in [0.25, 0.3) is 0 Å². The van der Waals surface area contributed by atoms with Gasteiger partial charge in [-0.15, -0.1) is 0 Å². The first-order valence-corrected chi connectivity index (χ1v) is 4.45. The maximum absolute atomic E-state index is 9.98. The van der Waals surface area contributed by atoms with Gasteiger partial charge in [-0.25, -0.2) is 0 Å². The third-order valence-electron chi connectivity index (χ3n) is 0.315. The van der Waals surface area contributed by atoms with E-state index in [0.717, 1.165) is 0 Å². The summed E-state index contributed by atoms with van der Waals surface area (Å²) in [4.78, 5) is 0. The molecule has 0 rings (SSSR count). The van der Waals surface area contributed by atoms with Crippen LogP contribution in [0, 0.1) is 0 Å². The first kappa shape index (κ1) is 14.2. The Morgan fingerprint density at radius 3 is 1.75 bits per heavy atom. The smallest absolute Gasteiger partial charge is 0.344 e. The Bertz CT molecular complexity index is 296. The van der Waals surface area contributed by atoms with Crippen molar-refractivity contribution >= 4 is 20.8 Å². The summed E-state index contributed by atoms with van der Waals surface area (Å²) in [5.41, 5.74) is 0. The molecule has 0 unspecified atom stereocenters. The van der Waals surface area contributed by atoms with Gasteiger partial charge >= 0.3 is 20.8 Å². The van der Waals surface area contributed by atoms with Crippen molar-refractivity contribution in [1.29, 1.82) is 0 Å². The normalized spacial score (nSPS) is 12.2. The van der Waals surface area contributed by atoms with Gasteiger partial charge < -0.3 is 6.15 Å². The standard InChI is InChI=1S/H3NO8S2.H3N/c1-7-11(5,6)9-8-10(2,3)4;/h1H2,(H,2,3,4);1H3. The van der Waals surface area contributed by atoms with E-state index >= 15 is 0 Å². The average molecular weight is 226 g/mol. The lowest BCUT2D eigenvalue weighted by Gasteiger charge is -1.96. The molecule has 0 radical (unpaired) electrons. The minimum atomic E-state index is -5.00. The second-order valence-corrected chi connectivity index (χ2v) is 3.20. The first-order chi connectivity index (χ1) is 4.77. The maximum Gasteiger partial charge on any atom is 0.443 e. The van der Waals surface area contributed by atoms with Crippen molar-refractivity contribution in [3.8, 4) is 0 Å². The Kier molecular flexibility index (Phi) is 5.48. The van der Waals surface area contributed by atoms with Crippen molar-refractivity contribution in [2.45, 2.75) is 0 Å². The Morgan fingerprint density at radius 1 is 1.08 bits per heavy atom. The Labute approximate surface area is 68.0 Å². The second kappa shape index (κ2) is 4.63. The quantitative estimate of drug-likeness (QED) is 0.276. The van der Waals surface area contributed by atoms with Crippen molar-refractivity contribution in [2.24, 2.45) is 5.90 Å². The van der Waals surface area contributed by atoms with Crippen LogP contribution in [0.3, 0.4) is 0 Å². The molecule has 6 N–H and O–H groups in total. The molecule has 0 aliphatic rings. The SMILES string of the molecule is N.NOS(=O)(=O)OOS(=O)(=O)O. The molecule has 0 amide bonds. The van der Waals surface area contributed by atoms with E-state index in [1.165, 1.54) is 0 Å². The zero-order valence-corrected chi connectivity index (χ0v) is 7.04. The summed E-state index contributed by atoms with van der Waals surface area (Å²) in [5.74, 6) is 4.07. The minimum Gasteiger partial charge on any atom is -0.344 e. The van der Waals surface area contributed by atoms with E-state index in [0.29, 0.717) is 0 Å². The minimum absolute atomic E-state index is 0. The molecule has 0 fully saturated rings. The lowest BCUT2D eigenvalue weighted by molar-refractivity contribution is -0.108. The zero-order chi connectivity index (χ0) is 9.12. The summed E-state index contributed by atoms with van der Waals surface area (Å²) in [6.45, 7) is 0. The second-order valence-electron chi connectivity index (χ2n) is 1.07. The zero-order valence-electron chi connectivity index (χ0n) is 5.41. The highest BCUT2D eigenvalue weighted by molar-refractivity contribution is 7.83. The number of rotatable bonds is 4. The molecule has 10 nitrogen and oxygen atoms in total.